The van der Waals surface area contributed by atoms with Crippen molar-refractivity contribution in [2.24, 2.45) is 0 Å². The molecule has 0 saturated heterocycles. The van der Waals surface area contributed by atoms with E-state index in [0.717, 1.165) is 11.1 Å². The van der Waals surface area contributed by atoms with Gasteiger partial charge in [0.2, 0.25) is 0 Å². The molecule has 2 aromatic heterocycles. The van der Waals surface area contributed by atoms with Gasteiger partial charge in [-0.25, -0.2) is 14.8 Å². The zero-order valence-electron chi connectivity index (χ0n) is 11.6. The molecular weight excluding hydrogens is 278 g/mol. The molecule has 0 atom stereocenters. The molecule has 4 rings (SSSR count). The molecule has 1 aromatic carbocycles. The number of fused-ring (bicyclic) bond motifs is 1. The Hall–Kier alpha value is -3.08. The highest BCUT2D eigenvalue weighted by Crippen LogP contribution is 2.30. The number of hydrogen-bond donors (Lipinski definition) is 0. The van der Waals surface area contributed by atoms with Crippen LogP contribution in [0.25, 0.3) is 22.6 Å². The van der Waals surface area contributed by atoms with Gasteiger partial charge in [-0.2, -0.15) is 0 Å². The third-order valence-corrected chi connectivity index (χ3v) is 3.51. The molecule has 5 heteroatoms. The van der Waals surface area contributed by atoms with Gasteiger partial charge in [0.15, 0.2) is 5.82 Å². The van der Waals surface area contributed by atoms with E-state index in [9.17, 15) is 4.79 Å². The van der Waals surface area contributed by atoms with Crippen LogP contribution in [0.1, 0.15) is 16.1 Å². The average Bonchev–Trinajstić information content (AvgIpc) is 2.97. The van der Waals surface area contributed by atoms with Crippen LogP contribution in [0.5, 0.6) is 0 Å². The molecule has 0 fully saturated rings. The van der Waals surface area contributed by atoms with Crippen LogP contribution in [0.4, 0.5) is 0 Å². The van der Waals surface area contributed by atoms with Crippen LogP contribution < -0.4 is 0 Å². The standard InChI is InChI=1S/C17H11N3O2/c21-17-14-13(10-22-17)19-16(12-4-2-1-3-5-12)20-15(14)11-6-8-18-9-7-11/h1-9H,10H2. The summed E-state index contributed by atoms with van der Waals surface area (Å²) >= 11 is 0. The Bertz CT molecular complexity index is 849. The van der Waals surface area contributed by atoms with Crippen LogP contribution in [0.3, 0.4) is 0 Å². The van der Waals surface area contributed by atoms with Crippen molar-refractivity contribution in [2.45, 2.75) is 6.61 Å². The first-order chi connectivity index (χ1) is 10.8. The average molecular weight is 289 g/mol. The van der Waals surface area contributed by atoms with Gasteiger partial charge >= 0.3 is 5.97 Å². The van der Waals surface area contributed by atoms with E-state index in [2.05, 4.69) is 15.0 Å². The Morgan fingerprint density at radius 2 is 1.68 bits per heavy atom. The molecule has 0 aliphatic carbocycles. The van der Waals surface area contributed by atoms with Crippen molar-refractivity contribution in [3.05, 3.63) is 66.1 Å². The summed E-state index contributed by atoms with van der Waals surface area (Å²) in [5.74, 6) is 0.214. The molecule has 3 aromatic rings. The maximum Gasteiger partial charge on any atom is 0.342 e. The molecule has 1 aliphatic heterocycles. The number of carbonyl (C=O) groups is 1. The number of carbonyl (C=O) groups excluding carboxylic acids is 1. The normalized spacial score (nSPS) is 12.8. The molecule has 0 saturated carbocycles. The molecule has 0 radical (unpaired) electrons. The Balaban J connectivity index is 1.97. The quantitative estimate of drug-likeness (QED) is 0.679. The molecule has 0 N–H and O–H groups in total. The maximum atomic E-state index is 12.0. The van der Waals surface area contributed by atoms with Crippen molar-refractivity contribution in [1.29, 1.82) is 0 Å². The van der Waals surface area contributed by atoms with Crippen LogP contribution in [0, 0.1) is 0 Å². The fourth-order valence-corrected chi connectivity index (χ4v) is 2.47. The molecule has 22 heavy (non-hydrogen) atoms. The SMILES string of the molecule is O=C1OCc2nc(-c3ccccc3)nc(-c3ccncc3)c21. The fourth-order valence-electron chi connectivity index (χ4n) is 2.47. The number of benzene rings is 1. The second-order valence-electron chi connectivity index (χ2n) is 4.90. The summed E-state index contributed by atoms with van der Waals surface area (Å²) < 4.78 is 5.12. The lowest BCUT2D eigenvalue weighted by Crippen LogP contribution is -2.03. The van der Waals surface area contributed by atoms with Crippen molar-refractivity contribution in [2.75, 3.05) is 0 Å². The van der Waals surface area contributed by atoms with Gasteiger partial charge in [0.1, 0.15) is 12.2 Å². The van der Waals surface area contributed by atoms with Crippen LogP contribution in [0.15, 0.2) is 54.9 Å². The number of ether oxygens (including phenoxy) is 1. The summed E-state index contributed by atoms with van der Waals surface area (Å²) in [7, 11) is 0. The first-order valence-corrected chi connectivity index (χ1v) is 6.87. The number of rotatable bonds is 2. The van der Waals surface area contributed by atoms with E-state index in [1.165, 1.54) is 0 Å². The summed E-state index contributed by atoms with van der Waals surface area (Å²) in [5.41, 5.74) is 3.40. The lowest BCUT2D eigenvalue weighted by molar-refractivity contribution is 0.0533. The lowest BCUT2D eigenvalue weighted by Gasteiger charge is -2.08. The van der Waals surface area contributed by atoms with Crippen molar-refractivity contribution in [3.8, 4) is 22.6 Å². The summed E-state index contributed by atoms with van der Waals surface area (Å²) in [5, 5.41) is 0. The van der Waals surface area contributed by atoms with Gasteiger partial charge < -0.3 is 4.74 Å². The highest BCUT2D eigenvalue weighted by atomic mass is 16.5. The molecular formula is C17H11N3O2. The molecule has 0 amide bonds. The van der Waals surface area contributed by atoms with Gasteiger partial charge in [0.05, 0.1) is 11.4 Å². The topological polar surface area (TPSA) is 65.0 Å². The van der Waals surface area contributed by atoms with E-state index in [1.54, 1.807) is 12.4 Å². The highest BCUT2D eigenvalue weighted by molar-refractivity contribution is 5.99. The van der Waals surface area contributed by atoms with Gasteiger partial charge in [0, 0.05) is 23.5 Å². The summed E-state index contributed by atoms with van der Waals surface area (Å²) in [6.07, 6.45) is 3.35. The van der Waals surface area contributed by atoms with Crippen LogP contribution >= 0.6 is 0 Å². The zero-order valence-corrected chi connectivity index (χ0v) is 11.6. The third kappa shape index (κ3) is 2.03. The predicted molar refractivity (Wildman–Crippen MR) is 79.8 cm³/mol. The van der Waals surface area contributed by atoms with Gasteiger partial charge in [-0.15, -0.1) is 0 Å². The predicted octanol–water partition coefficient (Wildman–Crippen LogP) is 2.88. The van der Waals surface area contributed by atoms with Crippen molar-refractivity contribution >= 4 is 5.97 Å². The highest BCUT2D eigenvalue weighted by Gasteiger charge is 2.29. The lowest BCUT2D eigenvalue weighted by atomic mass is 10.1. The Kier molecular flexibility index (Phi) is 2.89. The first kappa shape index (κ1) is 12.6. The number of aromatic nitrogens is 3. The van der Waals surface area contributed by atoms with Crippen molar-refractivity contribution in [1.82, 2.24) is 15.0 Å². The van der Waals surface area contributed by atoms with Gasteiger partial charge in [-0.1, -0.05) is 30.3 Å². The van der Waals surface area contributed by atoms with Crippen molar-refractivity contribution < 1.29 is 9.53 Å². The molecule has 0 bridgehead atoms. The van der Waals surface area contributed by atoms with E-state index in [0.29, 0.717) is 22.8 Å². The zero-order chi connectivity index (χ0) is 14.9. The monoisotopic (exact) mass is 289 g/mol. The Morgan fingerprint density at radius 3 is 2.45 bits per heavy atom. The third-order valence-electron chi connectivity index (χ3n) is 3.51. The molecule has 0 spiro atoms. The van der Waals surface area contributed by atoms with Crippen molar-refractivity contribution in [3.63, 3.8) is 0 Å². The number of pyridine rings is 1. The summed E-state index contributed by atoms with van der Waals surface area (Å²) in [4.78, 5) is 25.1. The van der Waals surface area contributed by atoms with E-state index in [4.69, 9.17) is 4.74 Å². The number of esters is 1. The largest absolute Gasteiger partial charge is 0.455 e. The minimum atomic E-state index is -0.374. The number of nitrogens with zero attached hydrogens (tertiary/aromatic N) is 3. The summed E-state index contributed by atoms with van der Waals surface area (Å²) in [6, 6.07) is 13.3. The fraction of sp³-hybridized carbons (Fsp3) is 0.0588. The maximum absolute atomic E-state index is 12.0. The van der Waals surface area contributed by atoms with Gasteiger partial charge in [0.25, 0.3) is 0 Å². The minimum Gasteiger partial charge on any atom is -0.455 e. The van der Waals surface area contributed by atoms with Gasteiger partial charge in [-0.3, -0.25) is 4.98 Å². The molecule has 5 nitrogen and oxygen atoms in total. The summed E-state index contributed by atoms with van der Waals surface area (Å²) in [6.45, 7) is 0.189. The molecule has 1 aliphatic rings. The molecule has 0 unspecified atom stereocenters. The minimum absolute atomic E-state index is 0.189. The smallest absolute Gasteiger partial charge is 0.342 e. The van der Waals surface area contributed by atoms with Gasteiger partial charge in [-0.05, 0) is 12.1 Å². The van der Waals surface area contributed by atoms with Crippen LogP contribution in [-0.2, 0) is 11.3 Å². The molecule has 106 valence electrons. The second kappa shape index (κ2) is 5.04. The Labute approximate surface area is 126 Å². The number of cyclic esters (lactones) is 1. The molecule has 3 heterocycles. The second-order valence-corrected chi connectivity index (χ2v) is 4.90. The van der Waals surface area contributed by atoms with Crippen LogP contribution in [0.2, 0.25) is 0 Å². The van der Waals surface area contributed by atoms with E-state index >= 15 is 0 Å². The van der Waals surface area contributed by atoms with E-state index < -0.39 is 0 Å². The first-order valence-electron chi connectivity index (χ1n) is 6.87. The van der Waals surface area contributed by atoms with Crippen LogP contribution in [-0.4, -0.2) is 20.9 Å². The number of hydrogen-bond acceptors (Lipinski definition) is 5. The van der Waals surface area contributed by atoms with E-state index in [-0.39, 0.29) is 12.6 Å². The Morgan fingerprint density at radius 1 is 0.909 bits per heavy atom. The van der Waals surface area contributed by atoms with E-state index in [1.807, 2.05) is 42.5 Å².